The predicted octanol–water partition coefficient (Wildman–Crippen LogP) is 2.22. The molecule has 1 aromatic carbocycles. The Hall–Kier alpha value is -3.16. The van der Waals surface area contributed by atoms with E-state index < -0.39 is 0 Å². The Labute approximate surface area is 157 Å². The number of piperidine rings is 1. The number of carbonyl (C=O) groups excluding carboxylic acids is 1. The van der Waals surface area contributed by atoms with Crippen molar-refractivity contribution < 1.29 is 9.53 Å². The van der Waals surface area contributed by atoms with E-state index in [0.29, 0.717) is 5.65 Å². The Morgan fingerprint density at radius 1 is 1.22 bits per heavy atom. The van der Waals surface area contributed by atoms with Crippen molar-refractivity contribution in [3.63, 3.8) is 0 Å². The van der Waals surface area contributed by atoms with Crippen LogP contribution in [0.1, 0.15) is 19.8 Å². The first-order valence-electron chi connectivity index (χ1n) is 9.01. The number of nitrogens with zero attached hydrogens (tertiary/aromatic N) is 5. The van der Waals surface area contributed by atoms with Crippen LogP contribution in [-0.4, -0.2) is 56.9 Å². The van der Waals surface area contributed by atoms with Crippen LogP contribution in [0.5, 0.6) is 5.75 Å². The molecule has 0 atom stereocenters. The van der Waals surface area contributed by atoms with Crippen LogP contribution in [0.3, 0.4) is 0 Å². The largest absolute Gasteiger partial charge is 0.497 e. The number of carbonyl (C=O) groups is 1. The van der Waals surface area contributed by atoms with Crippen LogP contribution < -0.4 is 10.1 Å². The number of fused-ring (bicyclic) bond motifs is 1. The maximum atomic E-state index is 11.5. The van der Waals surface area contributed by atoms with Crippen molar-refractivity contribution in [2.24, 2.45) is 0 Å². The molecule has 1 saturated heterocycles. The lowest BCUT2D eigenvalue weighted by Crippen LogP contribution is -2.41. The Kier molecular flexibility index (Phi) is 4.62. The van der Waals surface area contributed by atoms with Crippen molar-refractivity contribution in [2.75, 3.05) is 25.5 Å². The highest BCUT2D eigenvalue weighted by molar-refractivity contribution is 5.74. The number of aromatic nitrogens is 4. The molecule has 8 nitrogen and oxygen atoms in total. The van der Waals surface area contributed by atoms with Gasteiger partial charge in [-0.05, 0) is 43.2 Å². The molecule has 4 rings (SSSR count). The van der Waals surface area contributed by atoms with Gasteiger partial charge >= 0.3 is 0 Å². The first kappa shape index (κ1) is 17.3. The van der Waals surface area contributed by atoms with Crippen molar-refractivity contribution >= 4 is 17.2 Å². The minimum Gasteiger partial charge on any atom is -0.497 e. The van der Waals surface area contributed by atoms with Gasteiger partial charge in [-0.1, -0.05) is 0 Å². The number of nitrogens with one attached hydrogen (secondary N) is 1. The maximum absolute atomic E-state index is 11.5. The van der Waals surface area contributed by atoms with Gasteiger partial charge in [-0.15, -0.1) is 10.2 Å². The molecule has 0 radical (unpaired) electrons. The normalized spacial score (nSPS) is 15.1. The summed E-state index contributed by atoms with van der Waals surface area (Å²) in [6.45, 7) is 3.16. The van der Waals surface area contributed by atoms with Crippen molar-refractivity contribution in [3.05, 3.63) is 36.7 Å². The third-order valence-electron chi connectivity index (χ3n) is 4.95. The first-order chi connectivity index (χ1) is 13.1. The second kappa shape index (κ2) is 7.22. The van der Waals surface area contributed by atoms with Crippen LogP contribution in [0.25, 0.3) is 16.9 Å². The molecule has 27 heavy (non-hydrogen) atoms. The van der Waals surface area contributed by atoms with Gasteiger partial charge in [-0.2, -0.15) is 9.61 Å². The molecule has 2 aromatic heterocycles. The number of ether oxygens (including phenoxy) is 1. The van der Waals surface area contributed by atoms with Gasteiger partial charge < -0.3 is 15.0 Å². The molecule has 8 heteroatoms. The van der Waals surface area contributed by atoms with Crippen LogP contribution in [0, 0.1) is 0 Å². The van der Waals surface area contributed by atoms with Crippen molar-refractivity contribution in [3.8, 4) is 17.0 Å². The summed E-state index contributed by atoms with van der Waals surface area (Å²) in [5.74, 6) is 0.943. The van der Waals surface area contributed by atoms with Gasteiger partial charge in [0.05, 0.1) is 18.5 Å². The van der Waals surface area contributed by atoms with Gasteiger partial charge in [0.25, 0.3) is 0 Å². The third kappa shape index (κ3) is 3.55. The number of rotatable bonds is 4. The van der Waals surface area contributed by atoms with Gasteiger partial charge in [0.1, 0.15) is 12.1 Å². The number of hydrogen-bond donors (Lipinski definition) is 1. The van der Waals surface area contributed by atoms with Crippen LogP contribution in [0.4, 0.5) is 5.69 Å². The van der Waals surface area contributed by atoms with Crippen molar-refractivity contribution in [2.45, 2.75) is 25.8 Å². The topological polar surface area (TPSA) is 84.6 Å². The van der Waals surface area contributed by atoms with Gasteiger partial charge in [-0.3, -0.25) is 4.79 Å². The average molecular weight is 366 g/mol. The molecule has 0 unspecified atom stereocenters. The summed E-state index contributed by atoms with van der Waals surface area (Å²) >= 11 is 0. The fourth-order valence-electron chi connectivity index (χ4n) is 3.39. The number of anilines is 1. The van der Waals surface area contributed by atoms with Crippen LogP contribution in [-0.2, 0) is 4.79 Å². The quantitative estimate of drug-likeness (QED) is 0.762. The highest BCUT2D eigenvalue weighted by Crippen LogP contribution is 2.26. The van der Waals surface area contributed by atoms with Gasteiger partial charge in [0.15, 0.2) is 0 Å². The van der Waals surface area contributed by atoms with E-state index in [4.69, 9.17) is 4.74 Å². The molecule has 140 valence electrons. The van der Waals surface area contributed by atoms with E-state index in [1.807, 2.05) is 35.2 Å². The van der Waals surface area contributed by atoms with Gasteiger partial charge in [0, 0.05) is 31.6 Å². The number of amides is 1. The number of methoxy groups -OCH3 is 1. The van der Waals surface area contributed by atoms with E-state index in [2.05, 4.69) is 20.6 Å². The van der Waals surface area contributed by atoms with Crippen LogP contribution in [0.2, 0.25) is 0 Å². The molecule has 1 aliphatic rings. The zero-order valence-corrected chi connectivity index (χ0v) is 15.4. The molecular weight excluding hydrogens is 344 g/mol. The summed E-state index contributed by atoms with van der Waals surface area (Å²) in [6.07, 6.45) is 3.41. The summed E-state index contributed by atoms with van der Waals surface area (Å²) in [5.41, 5.74) is 3.41. The maximum Gasteiger partial charge on any atom is 0.219 e. The summed E-state index contributed by atoms with van der Waals surface area (Å²) < 4.78 is 6.91. The second-order valence-corrected chi connectivity index (χ2v) is 6.70. The smallest absolute Gasteiger partial charge is 0.219 e. The van der Waals surface area contributed by atoms with Crippen LogP contribution >= 0.6 is 0 Å². The van der Waals surface area contributed by atoms with Crippen molar-refractivity contribution in [1.29, 1.82) is 0 Å². The molecule has 0 spiro atoms. The standard InChI is InChI=1S/C19H22N6O2/c1-13(26)24-9-7-15(8-10-24)21-18-11-17(23-25-12-20-22-19(18)25)14-3-5-16(27-2)6-4-14/h3-6,11-12,15,21H,7-10H2,1-2H3. The Morgan fingerprint density at radius 3 is 2.63 bits per heavy atom. The molecule has 0 bridgehead atoms. The van der Waals surface area contributed by atoms with Gasteiger partial charge in [0.2, 0.25) is 11.6 Å². The van der Waals surface area contributed by atoms with E-state index in [0.717, 1.165) is 48.6 Å². The van der Waals surface area contributed by atoms with E-state index in [-0.39, 0.29) is 11.9 Å². The average Bonchev–Trinajstić information content (AvgIpc) is 3.17. The zero-order chi connectivity index (χ0) is 18.8. The van der Waals surface area contributed by atoms with E-state index in [9.17, 15) is 4.79 Å². The predicted molar refractivity (Wildman–Crippen MR) is 102 cm³/mol. The number of benzene rings is 1. The molecule has 3 aromatic rings. The first-order valence-corrected chi connectivity index (χ1v) is 9.01. The monoisotopic (exact) mass is 366 g/mol. The Balaban J connectivity index is 1.60. The molecule has 1 N–H and O–H groups in total. The Bertz CT molecular complexity index is 944. The summed E-state index contributed by atoms with van der Waals surface area (Å²) in [5, 5.41) is 16.4. The molecule has 3 heterocycles. The minimum absolute atomic E-state index is 0.138. The molecule has 0 saturated carbocycles. The Morgan fingerprint density at radius 2 is 1.96 bits per heavy atom. The fraction of sp³-hybridized carbons (Fsp3) is 0.368. The van der Waals surface area contributed by atoms with E-state index >= 15 is 0 Å². The molecule has 0 aliphatic carbocycles. The SMILES string of the molecule is COc1ccc(-c2cc(NC3CCN(C(C)=O)CC3)c3nncn3n2)cc1. The number of hydrogen-bond acceptors (Lipinski definition) is 6. The molecule has 1 amide bonds. The van der Waals surface area contributed by atoms with Gasteiger partial charge in [-0.25, -0.2) is 0 Å². The molecule has 1 aliphatic heterocycles. The third-order valence-corrected chi connectivity index (χ3v) is 4.95. The van der Waals surface area contributed by atoms with Crippen LogP contribution in [0.15, 0.2) is 36.7 Å². The summed E-state index contributed by atoms with van der Waals surface area (Å²) in [4.78, 5) is 13.4. The molecular formula is C19H22N6O2. The van der Waals surface area contributed by atoms with E-state index in [1.165, 1.54) is 0 Å². The summed E-state index contributed by atoms with van der Waals surface area (Å²) in [6, 6.07) is 10.1. The lowest BCUT2D eigenvalue weighted by atomic mass is 10.0. The lowest BCUT2D eigenvalue weighted by Gasteiger charge is -2.32. The molecule has 1 fully saturated rings. The highest BCUT2D eigenvalue weighted by atomic mass is 16.5. The summed E-state index contributed by atoms with van der Waals surface area (Å²) in [7, 11) is 1.65. The second-order valence-electron chi connectivity index (χ2n) is 6.70. The van der Waals surface area contributed by atoms with Crippen molar-refractivity contribution in [1.82, 2.24) is 24.7 Å². The number of likely N-dealkylation sites (tertiary alicyclic amines) is 1. The highest BCUT2D eigenvalue weighted by Gasteiger charge is 2.22. The fourth-order valence-corrected chi connectivity index (χ4v) is 3.39. The zero-order valence-electron chi connectivity index (χ0n) is 15.4. The lowest BCUT2D eigenvalue weighted by molar-refractivity contribution is -0.129. The van der Waals surface area contributed by atoms with E-state index in [1.54, 1.807) is 24.9 Å². The minimum atomic E-state index is 0.138.